The lowest BCUT2D eigenvalue weighted by Gasteiger charge is -2.08. The van der Waals surface area contributed by atoms with Crippen molar-refractivity contribution in [3.63, 3.8) is 0 Å². The molecule has 11 heavy (non-hydrogen) atoms. The van der Waals surface area contributed by atoms with E-state index >= 15 is 0 Å². The van der Waals surface area contributed by atoms with Crippen molar-refractivity contribution in [1.29, 1.82) is 0 Å². The van der Waals surface area contributed by atoms with Crippen LogP contribution in [-0.4, -0.2) is 0 Å². The average molecular weight is 190 g/mol. The summed E-state index contributed by atoms with van der Waals surface area (Å²) >= 11 is 11.2. The van der Waals surface area contributed by atoms with Crippen LogP contribution in [0.4, 0.5) is 0 Å². The number of rotatable bonds is 2. The van der Waals surface area contributed by atoms with Gasteiger partial charge in [-0.3, -0.25) is 0 Å². The highest BCUT2D eigenvalue weighted by Gasteiger charge is 2.06. The molecule has 0 aliphatic carbocycles. The van der Waals surface area contributed by atoms with Crippen molar-refractivity contribution >= 4 is 23.4 Å². The maximum absolute atomic E-state index is 5.85. The maximum atomic E-state index is 5.85. The van der Waals surface area contributed by atoms with E-state index in [9.17, 15) is 0 Å². The molecular weight excluding hydrogens is 181 g/mol. The number of hydrogen-bond acceptors (Lipinski definition) is 1. The zero-order chi connectivity index (χ0) is 8.27. The molecule has 0 heterocycles. The standard InChI is InChI=1S/C8H9Cl2N/c1-6-4-2-3-5-7(6)8(9)11-10/h2-5,8,11H,1H3. The Bertz CT molecular complexity index is 237. The van der Waals surface area contributed by atoms with Crippen LogP contribution in [-0.2, 0) is 0 Å². The van der Waals surface area contributed by atoms with Gasteiger partial charge in [0.1, 0.15) is 5.50 Å². The van der Waals surface area contributed by atoms with Crippen LogP contribution in [0.1, 0.15) is 16.6 Å². The highest BCUT2D eigenvalue weighted by molar-refractivity contribution is 6.25. The van der Waals surface area contributed by atoms with Crippen molar-refractivity contribution in [2.75, 3.05) is 0 Å². The van der Waals surface area contributed by atoms with E-state index in [0.29, 0.717) is 0 Å². The van der Waals surface area contributed by atoms with Gasteiger partial charge < -0.3 is 0 Å². The van der Waals surface area contributed by atoms with Crippen molar-refractivity contribution in [3.05, 3.63) is 35.4 Å². The van der Waals surface area contributed by atoms with Crippen LogP contribution in [0.3, 0.4) is 0 Å². The van der Waals surface area contributed by atoms with Crippen LogP contribution in [0.25, 0.3) is 0 Å². The third-order valence-electron chi connectivity index (χ3n) is 1.56. The Morgan fingerprint density at radius 1 is 1.36 bits per heavy atom. The van der Waals surface area contributed by atoms with Gasteiger partial charge in [-0.25, -0.2) is 4.84 Å². The van der Waals surface area contributed by atoms with Crippen LogP contribution >= 0.6 is 23.4 Å². The fourth-order valence-corrected chi connectivity index (χ4v) is 1.29. The Labute approximate surface area is 76.4 Å². The summed E-state index contributed by atoms with van der Waals surface area (Å²) in [6, 6.07) is 7.85. The molecule has 1 unspecified atom stereocenters. The van der Waals surface area contributed by atoms with Gasteiger partial charge in [-0.15, -0.1) is 0 Å². The predicted molar refractivity (Wildman–Crippen MR) is 48.8 cm³/mol. The van der Waals surface area contributed by atoms with E-state index in [1.54, 1.807) is 0 Å². The van der Waals surface area contributed by atoms with Gasteiger partial charge in [-0.1, -0.05) is 35.9 Å². The van der Waals surface area contributed by atoms with Gasteiger partial charge in [0.15, 0.2) is 0 Å². The first-order valence-electron chi connectivity index (χ1n) is 3.31. The first-order chi connectivity index (χ1) is 5.25. The molecule has 0 bridgehead atoms. The summed E-state index contributed by atoms with van der Waals surface area (Å²) in [5.41, 5.74) is 1.85. The van der Waals surface area contributed by atoms with Crippen LogP contribution in [0, 0.1) is 6.92 Å². The number of aryl methyl sites for hydroxylation is 1. The summed E-state index contributed by atoms with van der Waals surface area (Å²) in [6.07, 6.45) is 0. The lowest BCUT2D eigenvalue weighted by Crippen LogP contribution is -2.05. The minimum absolute atomic E-state index is 0.308. The predicted octanol–water partition coefficient (Wildman–Crippen LogP) is 2.98. The number of hydrogen-bond donors (Lipinski definition) is 1. The Morgan fingerprint density at radius 3 is 2.55 bits per heavy atom. The Hall–Kier alpha value is -0.240. The van der Waals surface area contributed by atoms with E-state index in [4.69, 9.17) is 23.4 Å². The Balaban J connectivity index is 2.93. The SMILES string of the molecule is Cc1ccccc1C(Cl)NCl. The molecule has 0 radical (unpaired) electrons. The molecule has 0 saturated heterocycles. The molecule has 1 atom stereocenters. The van der Waals surface area contributed by atoms with E-state index in [-0.39, 0.29) is 5.50 Å². The second-order valence-electron chi connectivity index (χ2n) is 2.33. The molecule has 3 heteroatoms. The van der Waals surface area contributed by atoms with Gasteiger partial charge in [-0.05, 0) is 29.8 Å². The zero-order valence-electron chi connectivity index (χ0n) is 6.14. The topological polar surface area (TPSA) is 12.0 Å². The molecule has 1 nitrogen and oxygen atoms in total. The summed E-state index contributed by atoms with van der Waals surface area (Å²) in [5, 5.41) is 0. The lowest BCUT2D eigenvalue weighted by atomic mass is 10.1. The monoisotopic (exact) mass is 189 g/mol. The second-order valence-corrected chi connectivity index (χ2v) is 2.98. The van der Waals surface area contributed by atoms with Gasteiger partial charge in [0.2, 0.25) is 0 Å². The quantitative estimate of drug-likeness (QED) is 0.429. The van der Waals surface area contributed by atoms with Crippen LogP contribution in [0.2, 0.25) is 0 Å². The number of nitrogens with one attached hydrogen (secondary N) is 1. The smallest absolute Gasteiger partial charge is 0.122 e. The van der Waals surface area contributed by atoms with Gasteiger partial charge >= 0.3 is 0 Å². The van der Waals surface area contributed by atoms with E-state index in [1.807, 2.05) is 31.2 Å². The summed E-state index contributed by atoms with van der Waals surface area (Å²) in [4.78, 5) is 2.46. The molecule has 0 amide bonds. The van der Waals surface area contributed by atoms with Crippen molar-refractivity contribution in [1.82, 2.24) is 4.84 Å². The van der Waals surface area contributed by atoms with Crippen LogP contribution < -0.4 is 4.84 Å². The summed E-state index contributed by atoms with van der Waals surface area (Å²) in [6.45, 7) is 2.00. The van der Waals surface area contributed by atoms with Crippen molar-refractivity contribution in [2.45, 2.75) is 12.4 Å². The van der Waals surface area contributed by atoms with E-state index < -0.39 is 0 Å². The molecule has 0 aliphatic rings. The second kappa shape index (κ2) is 3.96. The minimum Gasteiger partial charge on any atom is -0.212 e. The fourth-order valence-electron chi connectivity index (χ4n) is 0.930. The molecule has 0 aromatic heterocycles. The van der Waals surface area contributed by atoms with E-state index in [1.165, 1.54) is 0 Å². The summed E-state index contributed by atoms with van der Waals surface area (Å²) < 4.78 is 0. The van der Waals surface area contributed by atoms with Gasteiger partial charge in [-0.2, -0.15) is 0 Å². The Kier molecular flexibility index (Phi) is 3.18. The molecule has 0 aliphatic heterocycles. The largest absolute Gasteiger partial charge is 0.212 e. The molecule has 0 fully saturated rings. The molecule has 60 valence electrons. The highest BCUT2D eigenvalue weighted by atomic mass is 35.5. The number of halogens is 2. The minimum atomic E-state index is -0.308. The molecule has 1 aromatic carbocycles. The average Bonchev–Trinajstić information content (AvgIpc) is 2.04. The molecule has 1 N–H and O–H groups in total. The molecule has 1 rings (SSSR count). The van der Waals surface area contributed by atoms with Gasteiger partial charge in [0.25, 0.3) is 0 Å². The normalized spacial score (nSPS) is 13.0. The van der Waals surface area contributed by atoms with Crippen molar-refractivity contribution < 1.29 is 0 Å². The van der Waals surface area contributed by atoms with E-state index in [2.05, 4.69) is 4.84 Å². The summed E-state index contributed by atoms with van der Waals surface area (Å²) in [7, 11) is 0. The van der Waals surface area contributed by atoms with Crippen LogP contribution in [0.5, 0.6) is 0 Å². The van der Waals surface area contributed by atoms with E-state index in [0.717, 1.165) is 11.1 Å². The third kappa shape index (κ3) is 2.09. The number of benzene rings is 1. The number of alkyl halides is 1. The summed E-state index contributed by atoms with van der Waals surface area (Å²) in [5.74, 6) is 0. The Morgan fingerprint density at radius 2 is 2.00 bits per heavy atom. The molecule has 1 aromatic rings. The molecule has 0 spiro atoms. The zero-order valence-corrected chi connectivity index (χ0v) is 7.65. The van der Waals surface area contributed by atoms with Gasteiger partial charge in [0.05, 0.1) is 0 Å². The first-order valence-corrected chi connectivity index (χ1v) is 4.13. The molecule has 0 saturated carbocycles. The van der Waals surface area contributed by atoms with Crippen molar-refractivity contribution in [3.8, 4) is 0 Å². The maximum Gasteiger partial charge on any atom is 0.122 e. The van der Waals surface area contributed by atoms with Crippen LogP contribution in [0.15, 0.2) is 24.3 Å². The lowest BCUT2D eigenvalue weighted by molar-refractivity contribution is 0.907. The highest BCUT2D eigenvalue weighted by Crippen LogP contribution is 2.20. The molecular formula is C8H9Cl2N. The van der Waals surface area contributed by atoms with Crippen molar-refractivity contribution in [2.24, 2.45) is 0 Å². The third-order valence-corrected chi connectivity index (χ3v) is 2.23. The fraction of sp³-hybridized carbons (Fsp3) is 0.250. The van der Waals surface area contributed by atoms with Gasteiger partial charge in [0, 0.05) is 0 Å². The first kappa shape index (κ1) is 8.85.